The van der Waals surface area contributed by atoms with Gasteiger partial charge in [-0.1, -0.05) is 23.7 Å². The number of aryl methyl sites for hydroxylation is 1. The van der Waals surface area contributed by atoms with Gasteiger partial charge in [0.1, 0.15) is 11.6 Å². The van der Waals surface area contributed by atoms with Crippen molar-refractivity contribution in [1.82, 2.24) is 4.98 Å². The lowest BCUT2D eigenvalue weighted by Gasteiger charge is -2.09. The number of carbonyl (C=O) groups is 1. The normalized spacial score (nSPS) is 10.3. The molecule has 2 rings (SSSR count). The van der Waals surface area contributed by atoms with Crippen LogP contribution in [0.2, 0.25) is 5.02 Å². The van der Waals surface area contributed by atoms with E-state index in [4.69, 9.17) is 17.3 Å². The summed E-state index contributed by atoms with van der Waals surface area (Å²) in [5.74, 6) is -0.856. The topological polar surface area (TPSA) is 68.0 Å². The molecule has 0 aliphatic rings. The molecule has 0 spiro atoms. The summed E-state index contributed by atoms with van der Waals surface area (Å²) < 4.78 is 13.6. The number of rotatable bonds is 2. The summed E-state index contributed by atoms with van der Waals surface area (Å²) in [6.07, 6.45) is 1.28. The predicted octanol–water partition coefficient (Wildman–Crippen LogP) is 3.02. The zero-order valence-electron chi connectivity index (χ0n) is 10.1. The molecule has 2 aromatic rings. The Labute approximate surface area is 114 Å². The van der Waals surface area contributed by atoms with Gasteiger partial charge >= 0.3 is 0 Å². The number of halogens is 2. The van der Waals surface area contributed by atoms with Crippen LogP contribution in [0.4, 0.5) is 15.9 Å². The van der Waals surface area contributed by atoms with E-state index < -0.39 is 11.7 Å². The lowest BCUT2D eigenvalue weighted by molar-refractivity contribution is 0.102. The zero-order valence-corrected chi connectivity index (χ0v) is 10.8. The number of pyridine rings is 1. The van der Waals surface area contributed by atoms with Crippen LogP contribution in [-0.2, 0) is 0 Å². The van der Waals surface area contributed by atoms with Crippen molar-refractivity contribution in [2.75, 3.05) is 11.1 Å². The Morgan fingerprint density at radius 3 is 2.84 bits per heavy atom. The number of nitrogen functional groups attached to an aromatic ring is 1. The molecule has 0 unspecified atom stereocenters. The van der Waals surface area contributed by atoms with Crippen LogP contribution in [0.1, 0.15) is 15.9 Å². The van der Waals surface area contributed by atoms with Crippen LogP contribution in [0.5, 0.6) is 0 Å². The molecule has 0 fully saturated rings. The third-order valence-corrected chi connectivity index (χ3v) is 2.90. The summed E-state index contributed by atoms with van der Waals surface area (Å²) in [5.41, 5.74) is 6.43. The second-order valence-corrected chi connectivity index (χ2v) is 4.38. The lowest BCUT2D eigenvalue weighted by atomic mass is 10.2. The number of carbonyl (C=O) groups excluding carboxylic acids is 1. The summed E-state index contributed by atoms with van der Waals surface area (Å²) in [6, 6.07) is 5.93. The first kappa shape index (κ1) is 13.3. The number of benzene rings is 1. The van der Waals surface area contributed by atoms with Crippen LogP contribution in [0.25, 0.3) is 0 Å². The van der Waals surface area contributed by atoms with E-state index in [0.717, 1.165) is 0 Å². The highest BCUT2D eigenvalue weighted by molar-refractivity contribution is 6.33. The fourth-order valence-electron chi connectivity index (χ4n) is 1.55. The largest absolute Gasteiger partial charge is 0.382 e. The van der Waals surface area contributed by atoms with Crippen LogP contribution in [0.15, 0.2) is 30.5 Å². The molecule has 0 saturated heterocycles. The Morgan fingerprint density at radius 2 is 2.21 bits per heavy atom. The van der Waals surface area contributed by atoms with Gasteiger partial charge in [-0.15, -0.1) is 0 Å². The van der Waals surface area contributed by atoms with Gasteiger partial charge in [0.05, 0.1) is 16.3 Å². The molecule has 0 aliphatic heterocycles. The zero-order chi connectivity index (χ0) is 14.0. The van der Waals surface area contributed by atoms with Crippen molar-refractivity contribution < 1.29 is 9.18 Å². The fourth-order valence-corrected chi connectivity index (χ4v) is 1.71. The summed E-state index contributed by atoms with van der Waals surface area (Å²) in [7, 11) is 0. The highest BCUT2D eigenvalue weighted by Crippen LogP contribution is 2.21. The van der Waals surface area contributed by atoms with Crippen molar-refractivity contribution in [3.05, 3.63) is 52.4 Å². The molecule has 1 aromatic carbocycles. The molecular formula is C13H11ClFN3O. The maximum absolute atomic E-state index is 13.6. The molecule has 0 bridgehead atoms. The highest BCUT2D eigenvalue weighted by atomic mass is 35.5. The molecule has 0 aliphatic carbocycles. The third-order valence-electron chi connectivity index (χ3n) is 2.59. The summed E-state index contributed by atoms with van der Waals surface area (Å²) in [4.78, 5) is 15.7. The van der Waals surface area contributed by atoms with E-state index in [1.54, 1.807) is 19.1 Å². The first-order chi connectivity index (χ1) is 8.99. The van der Waals surface area contributed by atoms with Crippen LogP contribution < -0.4 is 11.1 Å². The van der Waals surface area contributed by atoms with Crippen molar-refractivity contribution in [2.45, 2.75) is 6.92 Å². The Balaban J connectivity index is 2.28. The van der Waals surface area contributed by atoms with Crippen molar-refractivity contribution in [2.24, 2.45) is 0 Å². The molecule has 4 nitrogen and oxygen atoms in total. The Bertz CT molecular complexity index is 626. The number of nitrogens with zero attached hydrogens (tertiary/aromatic N) is 1. The maximum atomic E-state index is 13.6. The minimum absolute atomic E-state index is 0.139. The van der Waals surface area contributed by atoms with Gasteiger partial charge in [-0.25, -0.2) is 9.37 Å². The second-order valence-electron chi connectivity index (χ2n) is 3.98. The number of nitrogens with one attached hydrogen (secondary N) is 1. The molecule has 0 radical (unpaired) electrons. The minimum Gasteiger partial charge on any atom is -0.382 e. The minimum atomic E-state index is -0.498. The van der Waals surface area contributed by atoms with E-state index in [2.05, 4.69) is 10.3 Å². The van der Waals surface area contributed by atoms with Crippen molar-refractivity contribution in [1.29, 1.82) is 0 Å². The smallest absolute Gasteiger partial charge is 0.257 e. The van der Waals surface area contributed by atoms with Gasteiger partial charge in [0.15, 0.2) is 0 Å². The predicted molar refractivity (Wildman–Crippen MR) is 72.7 cm³/mol. The number of nitrogens with two attached hydrogens (primary N) is 1. The average molecular weight is 280 g/mol. The first-order valence-corrected chi connectivity index (χ1v) is 5.84. The molecule has 19 heavy (non-hydrogen) atoms. The van der Waals surface area contributed by atoms with Gasteiger partial charge in [0, 0.05) is 6.20 Å². The molecule has 0 saturated carbocycles. The SMILES string of the molecule is Cc1cccc(F)c1NC(=O)c1cnc(N)c(Cl)c1. The van der Waals surface area contributed by atoms with Gasteiger partial charge in [0.25, 0.3) is 5.91 Å². The molecule has 1 heterocycles. The molecule has 98 valence electrons. The summed E-state index contributed by atoms with van der Waals surface area (Å²) in [5, 5.41) is 2.67. The van der Waals surface area contributed by atoms with Crippen LogP contribution in [-0.4, -0.2) is 10.9 Å². The Hall–Kier alpha value is -2.14. The Morgan fingerprint density at radius 1 is 1.47 bits per heavy atom. The van der Waals surface area contributed by atoms with Crippen LogP contribution in [0, 0.1) is 12.7 Å². The molecule has 6 heteroatoms. The quantitative estimate of drug-likeness (QED) is 0.888. The number of anilines is 2. The molecule has 0 atom stereocenters. The number of amides is 1. The van der Waals surface area contributed by atoms with Crippen molar-refractivity contribution in [3.63, 3.8) is 0 Å². The van der Waals surface area contributed by atoms with Crippen molar-refractivity contribution in [3.8, 4) is 0 Å². The van der Waals surface area contributed by atoms with Crippen LogP contribution >= 0.6 is 11.6 Å². The number of para-hydroxylation sites is 1. The number of hydrogen-bond donors (Lipinski definition) is 2. The maximum Gasteiger partial charge on any atom is 0.257 e. The Kier molecular flexibility index (Phi) is 3.66. The standard InChI is InChI=1S/C13H11ClFN3O/c1-7-3-2-4-10(15)11(7)18-13(19)8-5-9(14)12(16)17-6-8/h2-6H,1H3,(H2,16,17)(H,18,19). The number of aromatic nitrogens is 1. The van der Waals surface area contributed by atoms with Gasteiger partial charge in [-0.2, -0.15) is 0 Å². The van der Waals surface area contributed by atoms with Gasteiger partial charge in [-0.3, -0.25) is 4.79 Å². The molecular weight excluding hydrogens is 269 g/mol. The second kappa shape index (κ2) is 5.24. The van der Waals surface area contributed by atoms with Crippen molar-refractivity contribution >= 4 is 29.0 Å². The van der Waals surface area contributed by atoms with E-state index in [1.807, 2.05) is 0 Å². The van der Waals surface area contributed by atoms with E-state index in [0.29, 0.717) is 5.56 Å². The summed E-state index contributed by atoms with van der Waals surface area (Å²) >= 11 is 5.78. The third kappa shape index (κ3) is 2.82. The van der Waals surface area contributed by atoms with E-state index in [1.165, 1.54) is 18.3 Å². The summed E-state index contributed by atoms with van der Waals surface area (Å²) in [6.45, 7) is 1.70. The van der Waals surface area contributed by atoms with E-state index in [-0.39, 0.29) is 22.1 Å². The molecule has 1 aromatic heterocycles. The molecule has 3 N–H and O–H groups in total. The first-order valence-electron chi connectivity index (χ1n) is 5.46. The monoisotopic (exact) mass is 279 g/mol. The highest BCUT2D eigenvalue weighted by Gasteiger charge is 2.12. The molecule has 1 amide bonds. The lowest BCUT2D eigenvalue weighted by Crippen LogP contribution is -2.14. The van der Waals surface area contributed by atoms with E-state index >= 15 is 0 Å². The fraction of sp³-hybridized carbons (Fsp3) is 0.0769. The van der Waals surface area contributed by atoms with Crippen LogP contribution in [0.3, 0.4) is 0 Å². The number of hydrogen-bond acceptors (Lipinski definition) is 3. The average Bonchev–Trinajstić information content (AvgIpc) is 2.37. The van der Waals surface area contributed by atoms with Gasteiger partial charge in [-0.05, 0) is 24.6 Å². The van der Waals surface area contributed by atoms with Gasteiger partial charge in [0.2, 0.25) is 0 Å². The van der Waals surface area contributed by atoms with E-state index in [9.17, 15) is 9.18 Å². The van der Waals surface area contributed by atoms with Gasteiger partial charge < -0.3 is 11.1 Å².